The lowest BCUT2D eigenvalue weighted by atomic mass is 9.95. The molecule has 0 atom stereocenters. The fourth-order valence-corrected chi connectivity index (χ4v) is 2.40. The highest BCUT2D eigenvalue weighted by atomic mass is 16.5. The summed E-state index contributed by atoms with van der Waals surface area (Å²) >= 11 is 0. The molecule has 1 aromatic carbocycles. The van der Waals surface area contributed by atoms with Crippen molar-refractivity contribution in [1.82, 2.24) is 4.90 Å². The smallest absolute Gasteiger partial charge is 0.123 e. The molecule has 1 fully saturated rings. The molecule has 1 aliphatic heterocycles. The second-order valence-electron chi connectivity index (χ2n) is 5.34. The summed E-state index contributed by atoms with van der Waals surface area (Å²) in [5, 5.41) is 10.4. The Labute approximate surface area is 109 Å². The molecule has 1 aromatic rings. The molecule has 1 heterocycles. The lowest BCUT2D eigenvalue weighted by molar-refractivity contribution is 0.0338. The van der Waals surface area contributed by atoms with Crippen LogP contribution in [0.15, 0.2) is 12.1 Å². The van der Waals surface area contributed by atoms with E-state index in [2.05, 4.69) is 31.7 Å². The summed E-state index contributed by atoms with van der Waals surface area (Å²) < 4.78 is 5.36. The van der Waals surface area contributed by atoms with Crippen LogP contribution in [-0.2, 0) is 11.3 Å². The van der Waals surface area contributed by atoms with Crippen molar-refractivity contribution in [2.75, 3.05) is 26.3 Å². The van der Waals surface area contributed by atoms with Crippen molar-refractivity contribution in [2.24, 2.45) is 0 Å². The summed E-state index contributed by atoms with van der Waals surface area (Å²) in [7, 11) is 0. The summed E-state index contributed by atoms with van der Waals surface area (Å²) in [5.74, 6) is 0.838. The zero-order chi connectivity index (χ0) is 13.1. The van der Waals surface area contributed by atoms with Gasteiger partial charge in [-0.15, -0.1) is 0 Å². The molecule has 3 heteroatoms. The molecule has 100 valence electrons. The predicted octanol–water partition coefficient (Wildman–Crippen LogP) is 2.66. The van der Waals surface area contributed by atoms with E-state index in [-0.39, 0.29) is 0 Å². The van der Waals surface area contributed by atoms with E-state index in [9.17, 15) is 5.11 Å². The van der Waals surface area contributed by atoms with Crippen molar-refractivity contribution in [3.8, 4) is 5.75 Å². The average Bonchev–Trinajstić information content (AvgIpc) is 2.35. The van der Waals surface area contributed by atoms with Gasteiger partial charge in [0, 0.05) is 25.2 Å². The minimum absolute atomic E-state index is 0.356. The highest BCUT2D eigenvalue weighted by Gasteiger charge is 2.17. The lowest BCUT2D eigenvalue weighted by Gasteiger charge is -2.28. The molecule has 0 radical (unpaired) electrons. The third-order valence-corrected chi connectivity index (χ3v) is 3.66. The van der Waals surface area contributed by atoms with E-state index >= 15 is 0 Å². The zero-order valence-electron chi connectivity index (χ0n) is 11.6. The first-order valence-electron chi connectivity index (χ1n) is 6.71. The van der Waals surface area contributed by atoms with E-state index in [4.69, 9.17) is 4.74 Å². The molecule has 0 aliphatic carbocycles. The lowest BCUT2D eigenvalue weighted by Crippen LogP contribution is -2.35. The van der Waals surface area contributed by atoms with Crippen molar-refractivity contribution in [3.63, 3.8) is 0 Å². The van der Waals surface area contributed by atoms with Crippen LogP contribution in [0.2, 0.25) is 0 Å². The summed E-state index contributed by atoms with van der Waals surface area (Å²) in [4.78, 5) is 2.34. The molecule has 0 saturated carbocycles. The average molecular weight is 249 g/mol. The number of phenolic OH excluding ortho intramolecular Hbond substituents is 1. The van der Waals surface area contributed by atoms with Crippen LogP contribution >= 0.6 is 0 Å². The van der Waals surface area contributed by atoms with Gasteiger partial charge in [-0.2, -0.15) is 0 Å². The minimum atomic E-state index is 0.356. The van der Waals surface area contributed by atoms with Gasteiger partial charge < -0.3 is 9.84 Å². The molecule has 0 bridgehead atoms. The number of phenols is 1. The maximum absolute atomic E-state index is 10.4. The van der Waals surface area contributed by atoms with Gasteiger partial charge in [-0.25, -0.2) is 0 Å². The number of ether oxygens (including phenoxy) is 1. The van der Waals surface area contributed by atoms with E-state index in [0.717, 1.165) is 44.0 Å². The first-order valence-corrected chi connectivity index (χ1v) is 6.71. The van der Waals surface area contributed by atoms with Gasteiger partial charge in [0.15, 0.2) is 0 Å². The van der Waals surface area contributed by atoms with Crippen LogP contribution in [0.4, 0.5) is 0 Å². The van der Waals surface area contributed by atoms with E-state index in [0.29, 0.717) is 11.7 Å². The summed E-state index contributed by atoms with van der Waals surface area (Å²) in [6.07, 6.45) is 0. The van der Waals surface area contributed by atoms with Crippen LogP contribution in [0.5, 0.6) is 5.75 Å². The molecule has 2 rings (SSSR count). The number of aryl methyl sites for hydroxylation is 1. The molecule has 3 nitrogen and oxygen atoms in total. The Kier molecular flexibility index (Phi) is 4.25. The third kappa shape index (κ3) is 2.85. The van der Waals surface area contributed by atoms with E-state index in [1.165, 1.54) is 5.56 Å². The molecule has 0 aromatic heterocycles. The second-order valence-corrected chi connectivity index (χ2v) is 5.34. The van der Waals surface area contributed by atoms with E-state index in [1.54, 1.807) is 0 Å². The van der Waals surface area contributed by atoms with E-state index < -0.39 is 0 Å². The van der Waals surface area contributed by atoms with Crippen LogP contribution in [-0.4, -0.2) is 36.3 Å². The molecule has 1 N–H and O–H groups in total. The van der Waals surface area contributed by atoms with Gasteiger partial charge in [-0.05, 0) is 24.0 Å². The number of benzene rings is 1. The molecule has 1 aliphatic rings. The fraction of sp³-hybridized carbons (Fsp3) is 0.600. The van der Waals surface area contributed by atoms with Gasteiger partial charge in [-0.3, -0.25) is 4.90 Å². The minimum Gasteiger partial charge on any atom is -0.507 e. The van der Waals surface area contributed by atoms with Crippen molar-refractivity contribution in [2.45, 2.75) is 33.2 Å². The molecule has 0 spiro atoms. The Balaban J connectivity index is 2.22. The molecular weight excluding hydrogens is 226 g/mol. The van der Waals surface area contributed by atoms with E-state index in [1.807, 2.05) is 6.07 Å². The molecule has 0 unspecified atom stereocenters. The Morgan fingerprint density at radius 3 is 2.56 bits per heavy atom. The quantitative estimate of drug-likeness (QED) is 0.894. The summed E-state index contributed by atoms with van der Waals surface area (Å²) in [5.41, 5.74) is 3.29. The molecular formula is C15H23NO2. The Morgan fingerprint density at radius 1 is 1.28 bits per heavy atom. The third-order valence-electron chi connectivity index (χ3n) is 3.66. The van der Waals surface area contributed by atoms with Crippen molar-refractivity contribution in [1.29, 1.82) is 0 Å². The van der Waals surface area contributed by atoms with Crippen LogP contribution < -0.4 is 0 Å². The Morgan fingerprint density at radius 2 is 1.94 bits per heavy atom. The van der Waals surface area contributed by atoms with Crippen molar-refractivity contribution >= 4 is 0 Å². The second kappa shape index (κ2) is 5.72. The van der Waals surface area contributed by atoms with Crippen LogP contribution in [0.3, 0.4) is 0 Å². The standard InChI is InChI=1S/C15H23NO2/c1-11(2)13-5-4-12(3)14(15(13)17)10-16-6-8-18-9-7-16/h4-5,11,17H,6-10H2,1-3H3. The van der Waals surface area contributed by atoms with Gasteiger partial charge in [-0.1, -0.05) is 26.0 Å². The van der Waals surface area contributed by atoms with Crippen LogP contribution in [0, 0.1) is 6.92 Å². The number of nitrogens with zero attached hydrogens (tertiary/aromatic N) is 1. The monoisotopic (exact) mass is 249 g/mol. The normalized spacial score (nSPS) is 17.3. The fourth-order valence-electron chi connectivity index (χ4n) is 2.40. The highest BCUT2D eigenvalue weighted by molar-refractivity contribution is 5.46. The largest absolute Gasteiger partial charge is 0.507 e. The molecule has 0 amide bonds. The van der Waals surface area contributed by atoms with Crippen molar-refractivity contribution in [3.05, 3.63) is 28.8 Å². The molecule has 18 heavy (non-hydrogen) atoms. The Hall–Kier alpha value is -1.06. The van der Waals surface area contributed by atoms with Gasteiger partial charge >= 0.3 is 0 Å². The number of hydrogen-bond acceptors (Lipinski definition) is 3. The van der Waals surface area contributed by atoms with Crippen molar-refractivity contribution < 1.29 is 9.84 Å². The summed E-state index contributed by atoms with van der Waals surface area (Å²) in [6.45, 7) is 10.6. The zero-order valence-corrected chi connectivity index (χ0v) is 11.6. The van der Waals surface area contributed by atoms with Gasteiger partial charge in [0.05, 0.1) is 13.2 Å². The van der Waals surface area contributed by atoms with Gasteiger partial charge in [0.1, 0.15) is 5.75 Å². The first kappa shape index (κ1) is 13.4. The predicted molar refractivity (Wildman–Crippen MR) is 73.0 cm³/mol. The topological polar surface area (TPSA) is 32.7 Å². The highest BCUT2D eigenvalue weighted by Crippen LogP contribution is 2.32. The maximum Gasteiger partial charge on any atom is 0.123 e. The van der Waals surface area contributed by atoms with Gasteiger partial charge in [0.2, 0.25) is 0 Å². The number of hydrogen-bond donors (Lipinski definition) is 1. The SMILES string of the molecule is Cc1ccc(C(C)C)c(O)c1CN1CCOCC1. The number of rotatable bonds is 3. The Bertz CT molecular complexity index is 409. The van der Waals surface area contributed by atoms with Gasteiger partial charge in [0.25, 0.3) is 0 Å². The van der Waals surface area contributed by atoms with Crippen LogP contribution in [0.25, 0.3) is 0 Å². The summed E-state index contributed by atoms with van der Waals surface area (Å²) in [6, 6.07) is 4.16. The van der Waals surface area contributed by atoms with Crippen LogP contribution in [0.1, 0.15) is 36.5 Å². The maximum atomic E-state index is 10.4. The molecule has 1 saturated heterocycles. The number of morpholine rings is 1. The first-order chi connectivity index (χ1) is 8.59. The number of aromatic hydroxyl groups is 1.